The molecule has 0 unspecified atom stereocenters. The first kappa shape index (κ1) is 10.8. The van der Waals surface area contributed by atoms with Crippen molar-refractivity contribution < 1.29 is 0 Å². The van der Waals surface area contributed by atoms with Gasteiger partial charge in [0.2, 0.25) is 0 Å². The summed E-state index contributed by atoms with van der Waals surface area (Å²) in [6.07, 6.45) is 5.29. The Morgan fingerprint density at radius 1 is 1.36 bits per heavy atom. The molecule has 1 aromatic carbocycles. The largest absolute Gasteiger partial charge is 0.385 e. The average molecular weight is 189 g/mol. The van der Waals surface area contributed by atoms with E-state index in [0.717, 1.165) is 25.8 Å². The van der Waals surface area contributed by atoms with Crippen LogP contribution in [0.25, 0.3) is 0 Å². The lowest BCUT2D eigenvalue weighted by atomic mass is 10.1. The molecule has 0 radical (unpaired) electrons. The summed E-state index contributed by atoms with van der Waals surface area (Å²) in [4.78, 5) is 0. The molecule has 0 aromatic heterocycles. The van der Waals surface area contributed by atoms with E-state index in [-0.39, 0.29) is 0 Å². The number of allylic oxidation sites excluding steroid dienone is 1. The topological polar surface area (TPSA) is 12.0 Å². The first-order valence-corrected chi connectivity index (χ1v) is 5.31. The Morgan fingerprint density at radius 2 is 2.14 bits per heavy atom. The van der Waals surface area contributed by atoms with E-state index in [4.69, 9.17) is 0 Å². The number of benzene rings is 1. The number of hydrogen-bond acceptors (Lipinski definition) is 1. The van der Waals surface area contributed by atoms with E-state index in [9.17, 15) is 0 Å². The third-order valence-electron chi connectivity index (χ3n) is 2.30. The summed E-state index contributed by atoms with van der Waals surface area (Å²) in [7, 11) is 0. The minimum absolute atomic E-state index is 1.03. The van der Waals surface area contributed by atoms with Crippen LogP contribution in [0.5, 0.6) is 0 Å². The molecule has 0 aliphatic rings. The highest BCUT2D eigenvalue weighted by atomic mass is 14.9. The molecule has 0 spiro atoms. The van der Waals surface area contributed by atoms with Gasteiger partial charge in [0.25, 0.3) is 0 Å². The second-order valence-electron chi connectivity index (χ2n) is 3.37. The fraction of sp³-hybridized carbons (Fsp3) is 0.385. The Balaban J connectivity index is 2.44. The van der Waals surface area contributed by atoms with Gasteiger partial charge in [0.05, 0.1) is 0 Å². The molecule has 1 rings (SSSR count). The molecule has 0 amide bonds. The average Bonchev–Trinajstić information content (AvgIpc) is 2.25. The lowest BCUT2D eigenvalue weighted by Gasteiger charge is -2.09. The highest BCUT2D eigenvalue weighted by molar-refractivity contribution is 5.50. The number of aryl methyl sites for hydroxylation is 1. The predicted molar refractivity (Wildman–Crippen MR) is 63.7 cm³/mol. The number of rotatable bonds is 6. The fourth-order valence-corrected chi connectivity index (χ4v) is 1.47. The summed E-state index contributed by atoms with van der Waals surface area (Å²) in [5.41, 5.74) is 2.67. The van der Waals surface area contributed by atoms with Crippen LogP contribution >= 0.6 is 0 Å². The first-order valence-electron chi connectivity index (χ1n) is 5.31. The van der Waals surface area contributed by atoms with Crippen LogP contribution in [0, 0.1) is 0 Å². The zero-order chi connectivity index (χ0) is 10.2. The molecule has 1 N–H and O–H groups in total. The van der Waals surface area contributed by atoms with E-state index in [1.807, 2.05) is 6.08 Å². The number of hydrogen-bond donors (Lipinski definition) is 1. The first-order chi connectivity index (χ1) is 6.88. The van der Waals surface area contributed by atoms with Crippen molar-refractivity contribution in [3.05, 3.63) is 42.5 Å². The molecular weight excluding hydrogens is 170 g/mol. The van der Waals surface area contributed by atoms with Gasteiger partial charge in [-0.15, -0.1) is 6.58 Å². The van der Waals surface area contributed by atoms with E-state index >= 15 is 0 Å². The van der Waals surface area contributed by atoms with Crippen molar-refractivity contribution in [1.82, 2.24) is 0 Å². The number of unbranched alkanes of at least 4 members (excludes halogenated alkanes) is 1. The summed E-state index contributed by atoms with van der Waals surface area (Å²) < 4.78 is 0. The smallest absolute Gasteiger partial charge is 0.0372 e. The van der Waals surface area contributed by atoms with Crippen LogP contribution in [0.1, 0.15) is 25.3 Å². The van der Waals surface area contributed by atoms with Crippen molar-refractivity contribution in [3.8, 4) is 0 Å². The normalized spacial score (nSPS) is 9.79. The van der Waals surface area contributed by atoms with Gasteiger partial charge in [-0.05, 0) is 30.9 Å². The molecule has 76 valence electrons. The number of nitrogens with one attached hydrogen (secondary N) is 1. The number of anilines is 1. The summed E-state index contributed by atoms with van der Waals surface area (Å²) in [6, 6.07) is 8.49. The lowest BCUT2D eigenvalue weighted by Crippen LogP contribution is -2.03. The van der Waals surface area contributed by atoms with E-state index in [2.05, 4.69) is 43.1 Å². The minimum atomic E-state index is 1.03. The van der Waals surface area contributed by atoms with Gasteiger partial charge in [-0.1, -0.05) is 31.2 Å². The van der Waals surface area contributed by atoms with Crippen molar-refractivity contribution in [2.24, 2.45) is 0 Å². The van der Waals surface area contributed by atoms with Gasteiger partial charge in [0, 0.05) is 12.2 Å². The van der Waals surface area contributed by atoms with Crippen LogP contribution in [0.15, 0.2) is 36.9 Å². The van der Waals surface area contributed by atoms with Crippen molar-refractivity contribution in [2.75, 3.05) is 11.9 Å². The molecule has 1 heteroatoms. The van der Waals surface area contributed by atoms with Gasteiger partial charge in [0.15, 0.2) is 0 Å². The molecule has 0 heterocycles. The third kappa shape index (κ3) is 3.25. The zero-order valence-corrected chi connectivity index (χ0v) is 8.92. The Kier molecular flexibility index (Phi) is 4.84. The quantitative estimate of drug-likeness (QED) is 0.532. The molecule has 1 aromatic rings. The second-order valence-corrected chi connectivity index (χ2v) is 3.37. The van der Waals surface area contributed by atoms with Crippen molar-refractivity contribution in [2.45, 2.75) is 26.2 Å². The van der Waals surface area contributed by atoms with E-state index in [1.54, 1.807) is 0 Å². The Labute approximate surface area is 86.8 Å². The van der Waals surface area contributed by atoms with E-state index < -0.39 is 0 Å². The molecule has 0 atom stereocenters. The highest BCUT2D eigenvalue weighted by Crippen LogP contribution is 2.15. The van der Waals surface area contributed by atoms with Gasteiger partial charge in [-0.3, -0.25) is 0 Å². The second kappa shape index (κ2) is 6.25. The van der Waals surface area contributed by atoms with Gasteiger partial charge in [-0.25, -0.2) is 0 Å². The van der Waals surface area contributed by atoms with Crippen LogP contribution in [0.4, 0.5) is 5.69 Å². The Hall–Kier alpha value is -1.24. The molecule has 1 nitrogen and oxygen atoms in total. The SMILES string of the molecule is C=CCCCNc1ccccc1CC. The number of para-hydroxylation sites is 1. The molecule has 14 heavy (non-hydrogen) atoms. The Morgan fingerprint density at radius 3 is 2.86 bits per heavy atom. The van der Waals surface area contributed by atoms with Gasteiger partial charge in [0.1, 0.15) is 0 Å². The summed E-state index contributed by atoms with van der Waals surface area (Å²) >= 11 is 0. The van der Waals surface area contributed by atoms with Crippen molar-refractivity contribution in [1.29, 1.82) is 0 Å². The molecule has 0 aliphatic carbocycles. The van der Waals surface area contributed by atoms with Gasteiger partial charge < -0.3 is 5.32 Å². The summed E-state index contributed by atoms with van der Waals surface area (Å²) in [5.74, 6) is 0. The maximum Gasteiger partial charge on any atom is 0.0372 e. The molecule has 0 fully saturated rings. The predicted octanol–water partition coefficient (Wildman–Crippen LogP) is 3.63. The van der Waals surface area contributed by atoms with Crippen molar-refractivity contribution in [3.63, 3.8) is 0 Å². The van der Waals surface area contributed by atoms with Gasteiger partial charge in [-0.2, -0.15) is 0 Å². The minimum Gasteiger partial charge on any atom is -0.385 e. The maximum absolute atomic E-state index is 3.71. The third-order valence-corrected chi connectivity index (χ3v) is 2.30. The van der Waals surface area contributed by atoms with Crippen LogP contribution in [0.3, 0.4) is 0 Å². The monoisotopic (exact) mass is 189 g/mol. The maximum atomic E-state index is 3.71. The van der Waals surface area contributed by atoms with Crippen LogP contribution in [-0.2, 0) is 6.42 Å². The molecule has 0 saturated carbocycles. The molecular formula is C13H19N. The van der Waals surface area contributed by atoms with Crippen LogP contribution in [-0.4, -0.2) is 6.54 Å². The van der Waals surface area contributed by atoms with E-state index in [1.165, 1.54) is 11.3 Å². The summed E-state index contributed by atoms with van der Waals surface area (Å²) in [6.45, 7) is 6.93. The standard InChI is InChI=1S/C13H19N/c1-3-5-8-11-14-13-10-7-6-9-12(13)4-2/h3,6-7,9-10,14H,1,4-5,8,11H2,2H3. The lowest BCUT2D eigenvalue weighted by molar-refractivity contribution is 0.888. The molecule has 0 aliphatic heterocycles. The van der Waals surface area contributed by atoms with Crippen LogP contribution in [0.2, 0.25) is 0 Å². The molecule has 0 saturated heterocycles. The summed E-state index contributed by atoms with van der Waals surface area (Å²) in [5, 5.41) is 3.45. The highest BCUT2D eigenvalue weighted by Gasteiger charge is 1.96. The van der Waals surface area contributed by atoms with Crippen molar-refractivity contribution >= 4 is 5.69 Å². The van der Waals surface area contributed by atoms with Crippen LogP contribution < -0.4 is 5.32 Å². The zero-order valence-electron chi connectivity index (χ0n) is 8.92. The fourth-order valence-electron chi connectivity index (χ4n) is 1.47. The Bertz CT molecular complexity index is 278. The molecule has 0 bridgehead atoms. The van der Waals surface area contributed by atoms with E-state index in [0.29, 0.717) is 0 Å². The van der Waals surface area contributed by atoms with Gasteiger partial charge >= 0.3 is 0 Å².